The van der Waals surface area contributed by atoms with Crippen LogP contribution >= 0.6 is 0 Å². The van der Waals surface area contributed by atoms with E-state index in [1.54, 1.807) is 74.8 Å². The van der Waals surface area contributed by atoms with Crippen molar-refractivity contribution in [2.75, 3.05) is 23.0 Å². The molecule has 4 aromatic rings. The topological polar surface area (TPSA) is 247 Å². The highest BCUT2D eigenvalue weighted by Gasteiger charge is 2.78. The molecule has 0 saturated carbocycles. The maximum atomic E-state index is 13.5. The number of carbonyl (C=O) groups excluding carboxylic acids is 4. The molecule has 2 aromatic heterocycles. The molecule has 16 heteroatoms. The van der Waals surface area contributed by atoms with E-state index in [9.17, 15) is 50.1 Å². The highest BCUT2D eigenvalue weighted by atomic mass is 16.6. The summed E-state index contributed by atoms with van der Waals surface area (Å²) in [6.45, 7) is 2.93. The average Bonchev–Trinajstić information content (AvgIpc) is 3.96. The zero-order valence-corrected chi connectivity index (χ0v) is 31.4. The standard InChI is InChI=1S/2C21H19N3O5/c1-20-14(26)9-21(29-20,6-8-25)16-15(20)18(27)24(19(16)28)13-5-4-11(10-22)17-12(13)3-2-7-23-17;1-20-9-14(26)21(29-20,6-8-25)16-15(20)18(27)24(19(16)28)13-5-4-11(10-22)17-12(13)3-2-7-23-17/h2*2-5,7,14-16,25-26H,6,8-9H2,1H3/t14-,15-,16+,20?,21?;14-,15+,16-,20?,21?/m01/s1. The van der Waals surface area contributed by atoms with Gasteiger partial charge in [0.25, 0.3) is 0 Å². The first-order chi connectivity index (χ1) is 27.8. The van der Waals surface area contributed by atoms with Gasteiger partial charge in [-0.15, -0.1) is 0 Å². The molecular formula is C42H38N6O10. The molecule has 0 radical (unpaired) electrons. The van der Waals surface area contributed by atoms with E-state index in [0.29, 0.717) is 44.3 Å². The van der Waals surface area contributed by atoms with Gasteiger partial charge in [0.05, 0.1) is 80.6 Å². The van der Waals surface area contributed by atoms with E-state index in [1.807, 2.05) is 0 Å². The largest absolute Gasteiger partial charge is 0.396 e. The van der Waals surface area contributed by atoms with E-state index in [1.165, 1.54) is 0 Å². The molecule has 4 amide bonds. The fraction of sp³-hybridized carbons (Fsp3) is 0.429. The Morgan fingerprint density at radius 2 is 1.21 bits per heavy atom. The van der Waals surface area contributed by atoms with E-state index in [0.717, 1.165) is 9.80 Å². The van der Waals surface area contributed by atoms with Gasteiger partial charge in [0.15, 0.2) is 0 Å². The normalized spacial score (nSPS) is 35.4. The van der Waals surface area contributed by atoms with Gasteiger partial charge >= 0.3 is 0 Å². The van der Waals surface area contributed by atoms with E-state index < -0.39 is 76.0 Å². The summed E-state index contributed by atoms with van der Waals surface area (Å²) in [4.78, 5) is 64.7. The number of aliphatic hydroxyl groups is 4. The van der Waals surface area contributed by atoms with Crippen molar-refractivity contribution in [2.45, 2.75) is 74.1 Å². The molecule has 58 heavy (non-hydrogen) atoms. The van der Waals surface area contributed by atoms with Gasteiger partial charge in [0, 0.05) is 62.1 Å². The molecule has 296 valence electrons. The molecule has 0 spiro atoms. The van der Waals surface area contributed by atoms with Gasteiger partial charge < -0.3 is 29.9 Å². The SMILES string of the molecule is CC12C[C@@H](O)C(CCO)(O1)[C@H]1C(=O)N(c3ccc(C#N)c4ncccc34)C(=O)[C@H]12.CC12OC(CCO)(C[C@@H]1O)[C@H]1C(=O)N(c3ccc(C#N)c4ncccc34)C(=O)[C@H]12. The van der Waals surface area contributed by atoms with Gasteiger partial charge in [-0.2, -0.15) is 10.5 Å². The maximum absolute atomic E-state index is 13.5. The molecule has 10 atom stereocenters. The molecule has 2 aromatic carbocycles. The van der Waals surface area contributed by atoms with Crippen LogP contribution in [0, 0.1) is 46.3 Å². The van der Waals surface area contributed by atoms with Crippen LogP contribution in [0.2, 0.25) is 0 Å². The van der Waals surface area contributed by atoms with Gasteiger partial charge in [-0.1, -0.05) is 0 Å². The number of hydrogen-bond donors (Lipinski definition) is 4. The number of hydrogen-bond acceptors (Lipinski definition) is 14. The molecule has 10 rings (SSSR count). The first-order valence-electron chi connectivity index (χ1n) is 19.1. The van der Waals surface area contributed by atoms with Crippen LogP contribution in [0.3, 0.4) is 0 Å². The Morgan fingerprint density at radius 3 is 1.74 bits per heavy atom. The molecule has 4 unspecified atom stereocenters. The number of pyridine rings is 2. The zero-order valence-electron chi connectivity index (χ0n) is 31.4. The minimum absolute atomic E-state index is 0.0768. The number of aromatic nitrogens is 2. The summed E-state index contributed by atoms with van der Waals surface area (Å²) in [7, 11) is 0. The quantitative estimate of drug-likeness (QED) is 0.204. The van der Waals surface area contributed by atoms with E-state index >= 15 is 0 Å². The second-order valence-corrected chi connectivity index (χ2v) is 16.3. The summed E-state index contributed by atoms with van der Waals surface area (Å²) in [5, 5.41) is 60.1. The summed E-state index contributed by atoms with van der Waals surface area (Å²) in [6.07, 6.45) is 1.96. The smallest absolute Gasteiger partial charge is 0.240 e. The number of carbonyl (C=O) groups is 4. The molecule has 6 aliphatic rings. The molecule has 16 nitrogen and oxygen atoms in total. The van der Waals surface area contributed by atoms with Crippen LogP contribution < -0.4 is 9.80 Å². The molecule has 6 saturated heterocycles. The fourth-order valence-corrected chi connectivity index (χ4v) is 11.1. The Bertz CT molecular complexity index is 2480. The van der Waals surface area contributed by atoms with Crippen molar-refractivity contribution in [3.63, 3.8) is 0 Å². The minimum Gasteiger partial charge on any atom is -0.396 e. The third-order valence-electron chi connectivity index (χ3n) is 13.4. The van der Waals surface area contributed by atoms with E-state index in [2.05, 4.69) is 22.1 Å². The van der Waals surface area contributed by atoms with Crippen molar-refractivity contribution in [3.8, 4) is 12.1 Å². The summed E-state index contributed by atoms with van der Waals surface area (Å²) < 4.78 is 12.2. The van der Waals surface area contributed by atoms with Crippen molar-refractivity contribution < 1.29 is 49.1 Å². The number of anilines is 2. The lowest BCUT2D eigenvalue weighted by molar-refractivity contribution is -0.137. The fourth-order valence-electron chi connectivity index (χ4n) is 11.1. The van der Waals surface area contributed by atoms with Gasteiger partial charge in [0.1, 0.15) is 23.3 Å². The summed E-state index contributed by atoms with van der Waals surface area (Å²) in [5.74, 6) is -4.86. The van der Waals surface area contributed by atoms with E-state index in [-0.39, 0.29) is 44.8 Å². The van der Waals surface area contributed by atoms with Crippen LogP contribution in [-0.2, 0) is 28.7 Å². The van der Waals surface area contributed by atoms with Crippen LogP contribution in [-0.4, -0.2) is 102 Å². The summed E-state index contributed by atoms with van der Waals surface area (Å²) in [6, 6.07) is 17.2. The number of rotatable bonds is 6. The number of amides is 4. The lowest BCUT2D eigenvalue weighted by Crippen LogP contribution is -2.51. The summed E-state index contributed by atoms with van der Waals surface area (Å²) in [5.41, 5.74) is -2.20. The van der Waals surface area contributed by atoms with Gasteiger partial charge in [-0.25, -0.2) is 9.80 Å². The van der Waals surface area contributed by atoms with Crippen molar-refractivity contribution in [1.29, 1.82) is 10.5 Å². The van der Waals surface area contributed by atoms with Crippen LogP contribution in [0.25, 0.3) is 21.8 Å². The number of fused-ring (bicyclic) bond motifs is 12. The molecular weight excluding hydrogens is 748 g/mol. The number of aliphatic hydroxyl groups excluding tert-OH is 4. The zero-order chi connectivity index (χ0) is 41.1. The van der Waals surface area contributed by atoms with Gasteiger partial charge in [-0.05, 0) is 62.4 Å². The Balaban J connectivity index is 0.000000150. The number of imide groups is 2. The van der Waals surface area contributed by atoms with Gasteiger partial charge in [0.2, 0.25) is 23.6 Å². The molecule has 0 aliphatic carbocycles. The molecule has 8 heterocycles. The maximum Gasteiger partial charge on any atom is 0.240 e. The number of benzene rings is 2. The Morgan fingerprint density at radius 1 is 0.690 bits per heavy atom. The highest BCUT2D eigenvalue weighted by molar-refractivity contribution is 6.27. The Hall–Kier alpha value is -5.72. The highest BCUT2D eigenvalue weighted by Crippen LogP contribution is 2.64. The van der Waals surface area contributed by atoms with E-state index in [4.69, 9.17) is 9.47 Å². The van der Waals surface area contributed by atoms with Crippen LogP contribution in [0.4, 0.5) is 11.4 Å². The van der Waals surface area contributed by atoms with Crippen molar-refractivity contribution in [2.24, 2.45) is 23.7 Å². The van der Waals surface area contributed by atoms with Crippen LogP contribution in [0.5, 0.6) is 0 Å². The molecule has 4 bridgehead atoms. The van der Waals surface area contributed by atoms with Crippen molar-refractivity contribution in [3.05, 3.63) is 72.1 Å². The van der Waals surface area contributed by atoms with Crippen molar-refractivity contribution >= 4 is 56.8 Å². The molecule has 6 fully saturated rings. The summed E-state index contributed by atoms with van der Waals surface area (Å²) >= 11 is 0. The second kappa shape index (κ2) is 12.9. The van der Waals surface area contributed by atoms with Gasteiger partial charge in [-0.3, -0.25) is 29.1 Å². The Labute approximate surface area is 330 Å². The first-order valence-corrected chi connectivity index (χ1v) is 19.1. The minimum atomic E-state index is -1.27. The predicted octanol–water partition coefficient (Wildman–Crippen LogP) is 1.77. The number of ether oxygens (including phenoxy) is 2. The molecule has 6 aliphatic heterocycles. The Kier molecular flexibility index (Phi) is 8.41. The number of nitriles is 2. The third kappa shape index (κ3) is 4.75. The number of nitrogens with zero attached hydrogens (tertiary/aromatic N) is 6. The predicted molar refractivity (Wildman–Crippen MR) is 201 cm³/mol. The lowest BCUT2D eigenvalue weighted by atomic mass is 9.66. The first kappa shape index (κ1) is 37.8. The van der Waals surface area contributed by atoms with Crippen molar-refractivity contribution in [1.82, 2.24) is 9.97 Å². The average molecular weight is 787 g/mol. The second-order valence-electron chi connectivity index (χ2n) is 16.3. The third-order valence-corrected chi connectivity index (χ3v) is 13.4. The lowest BCUT2D eigenvalue weighted by Gasteiger charge is -2.34. The monoisotopic (exact) mass is 786 g/mol. The van der Waals surface area contributed by atoms with Crippen LogP contribution in [0.15, 0.2) is 60.9 Å². The molecule has 4 N–H and O–H groups in total. The van der Waals surface area contributed by atoms with Crippen LogP contribution in [0.1, 0.15) is 50.7 Å².